The van der Waals surface area contributed by atoms with Gasteiger partial charge < -0.3 is 15.7 Å². The van der Waals surface area contributed by atoms with Gasteiger partial charge in [0.1, 0.15) is 0 Å². The Hall–Kier alpha value is -2.11. The van der Waals surface area contributed by atoms with Crippen LogP contribution in [0.5, 0.6) is 0 Å². The molecule has 0 aliphatic heterocycles. The number of aromatic nitrogens is 1. The Morgan fingerprint density at radius 3 is 2.65 bits per heavy atom. The number of carbonyl (C=O) groups excluding carboxylic acids is 1. The van der Waals surface area contributed by atoms with Crippen molar-refractivity contribution in [3.05, 3.63) is 29.6 Å². The van der Waals surface area contributed by atoms with Crippen molar-refractivity contribution >= 4 is 12.0 Å². The smallest absolute Gasteiger partial charge is 0.315 e. The van der Waals surface area contributed by atoms with E-state index in [0.29, 0.717) is 13.0 Å². The highest BCUT2D eigenvalue weighted by atomic mass is 16.4. The predicted molar refractivity (Wildman–Crippen MR) is 75.2 cm³/mol. The normalized spacial score (nSPS) is 13.3. The van der Waals surface area contributed by atoms with Crippen molar-refractivity contribution in [2.24, 2.45) is 5.41 Å². The van der Waals surface area contributed by atoms with Gasteiger partial charge in [-0.2, -0.15) is 0 Å². The number of aryl methyl sites for hydroxylation is 1. The summed E-state index contributed by atoms with van der Waals surface area (Å²) < 4.78 is 0. The molecule has 6 heteroatoms. The van der Waals surface area contributed by atoms with Crippen LogP contribution in [0.4, 0.5) is 4.79 Å². The molecule has 0 fully saturated rings. The Morgan fingerprint density at radius 2 is 2.10 bits per heavy atom. The molecule has 0 aliphatic rings. The third kappa shape index (κ3) is 4.22. The maximum atomic E-state index is 11.7. The average molecular weight is 279 g/mol. The fourth-order valence-electron chi connectivity index (χ4n) is 1.57. The summed E-state index contributed by atoms with van der Waals surface area (Å²) in [6.07, 6.45) is 3.85. The second-order valence-corrected chi connectivity index (χ2v) is 5.06. The van der Waals surface area contributed by atoms with E-state index in [9.17, 15) is 9.59 Å². The van der Waals surface area contributed by atoms with Crippen molar-refractivity contribution in [2.45, 2.75) is 33.7 Å². The molecule has 0 aromatic carbocycles. The van der Waals surface area contributed by atoms with Crippen LogP contribution >= 0.6 is 0 Å². The minimum atomic E-state index is -0.941. The minimum Gasteiger partial charge on any atom is -0.481 e. The van der Waals surface area contributed by atoms with Crippen molar-refractivity contribution in [2.75, 3.05) is 6.54 Å². The summed E-state index contributed by atoms with van der Waals surface area (Å²) in [7, 11) is 0. The molecule has 1 aromatic heterocycles. The summed E-state index contributed by atoms with van der Waals surface area (Å²) in [6.45, 7) is 5.80. The molecule has 1 heterocycles. The molecule has 0 saturated heterocycles. The van der Waals surface area contributed by atoms with Crippen LogP contribution in [0.25, 0.3) is 0 Å². The van der Waals surface area contributed by atoms with E-state index in [4.69, 9.17) is 5.11 Å². The summed E-state index contributed by atoms with van der Waals surface area (Å²) in [5, 5.41) is 14.4. The van der Waals surface area contributed by atoms with E-state index in [2.05, 4.69) is 15.6 Å². The molecule has 20 heavy (non-hydrogen) atoms. The number of amides is 2. The van der Waals surface area contributed by atoms with Crippen LogP contribution in [0.3, 0.4) is 0 Å². The SMILES string of the molecule is CCC(C)(CNC(=O)NCc1ccncc1C)C(=O)O. The standard InChI is InChI=1S/C14H21N3O3/c1-4-14(3,12(18)19)9-17-13(20)16-8-11-5-6-15-7-10(11)2/h5-7H,4,8-9H2,1-3H3,(H,18,19)(H2,16,17,20). The van der Waals surface area contributed by atoms with Crippen LogP contribution in [0.15, 0.2) is 18.5 Å². The zero-order valence-corrected chi connectivity index (χ0v) is 12.1. The largest absolute Gasteiger partial charge is 0.481 e. The van der Waals surface area contributed by atoms with Gasteiger partial charge >= 0.3 is 12.0 Å². The number of nitrogens with one attached hydrogen (secondary N) is 2. The molecule has 6 nitrogen and oxygen atoms in total. The van der Waals surface area contributed by atoms with E-state index in [-0.39, 0.29) is 12.6 Å². The van der Waals surface area contributed by atoms with E-state index in [1.54, 1.807) is 26.2 Å². The lowest BCUT2D eigenvalue weighted by atomic mass is 9.88. The van der Waals surface area contributed by atoms with Crippen molar-refractivity contribution in [1.82, 2.24) is 15.6 Å². The first-order valence-corrected chi connectivity index (χ1v) is 6.53. The molecule has 1 rings (SSSR count). The van der Waals surface area contributed by atoms with E-state index in [1.807, 2.05) is 13.0 Å². The number of hydrogen-bond acceptors (Lipinski definition) is 3. The van der Waals surface area contributed by atoms with E-state index >= 15 is 0 Å². The van der Waals surface area contributed by atoms with Gasteiger partial charge in [-0.05, 0) is 37.5 Å². The number of carbonyl (C=O) groups is 2. The zero-order chi connectivity index (χ0) is 15.2. The molecule has 0 aliphatic carbocycles. The number of nitrogens with zero attached hydrogens (tertiary/aromatic N) is 1. The van der Waals surface area contributed by atoms with Crippen LogP contribution in [0.2, 0.25) is 0 Å². The number of pyridine rings is 1. The van der Waals surface area contributed by atoms with Gasteiger partial charge in [-0.1, -0.05) is 6.92 Å². The molecular weight excluding hydrogens is 258 g/mol. The Balaban J connectivity index is 2.45. The van der Waals surface area contributed by atoms with Gasteiger partial charge in [0.25, 0.3) is 0 Å². The third-order valence-corrected chi connectivity index (χ3v) is 3.51. The molecule has 0 saturated carbocycles. The predicted octanol–water partition coefficient (Wildman–Crippen LogP) is 1.69. The summed E-state index contributed by atoms with van der Waals surface area (Å²) >= 11 is 0. The number of rotatable bonds is 6. The topological polar surface area (TPSA) is 91.3 Å². The number of aliphatic carboxylic acids is 1. The third-order valence-electron chi connectivity index (χ3n) is 3.51. The zero-order valence-electron chi connectivity index (χ0n) is 12.1. The van der Waals surface area contributed by atoms with Gasteiger partial charge in [-0.25, -0.2) is 4.79 Å². The lowest BCUT2D eigenvalue weighted by Crippen LogP contribution is -2.44. The fraction of sp³-hybridized carbons (Fsp3) is 0.500. The van der Waals surface area contributed by atoms with Crippen molar-refractivity contribution in [3.63, 3.8) is 0 Å². The molecule has 0 spiro atoms. The molecule has 110 valence electrons. The average Bonchev–Trinajstić information content (AvgIpc) is 2.43. The number of urea groups is 1. The number of carboxylic acid groups (broad SMARTS) is 1. The van der Waals surface area contributed by atoms with Crippen LogP contribution < -0.4 is 10.6 Å². The number of hydrogen-bond donors (Lipinski definition) is 3. The van der Waals surface area contributed by atoms with E-state index in [0.717, 1.165) is 11.1 Å². The molecule has 0 radical (unpaired) electrons. The van der Waals surface area contributed by atoms with Gasteiger partial charge in [-0.3, -0.25) is 9.78 Å². The molecule has 1 unspecified atom stereocenters. The monoisotopic (exact) mass is 279 g/mol. The Morgan fingerprint density at radius 1 is 1.40 bits per heavy atom. The van der Waals surface area contributed by atoms with Crippen molar-refractivity contribution in [1.29, 1.82) is 0 Å². The van der Waals surface area contributed by atoms with E-state index in [1.165, 1.54) is 0 Å². The lowest BCUT2D eigenvalue weighted by molar-refractivity contribution is -0.147. The molecule has 0 bridgehead atoms. The van der Waals surface area contributed by atoms with Crippen molar-refractivity contribution < 1.29 is 14.7 Å². The highest BCUT2D eigenvalue weighted by Gasteiger charge is 2.31. The first kappa shape index (κ1) is 15.9. The van der Waals surface area contributed by atoms with Gasteiger partial charge in [0.15, 0.2) is 0 Å². The summed E-state index contributed by atoms with van der Waals surface area (Å²) in [6, 6.07) is 1.46. The second-order valence-electron chi connectivity index (χ2n) is 5.06. The highest BCUT2D eigenvalue weighted by Crippen LogP contribution is 2.19. The van der Waals surface area contributed by atoms with Crippen molar-refractivity contribution in [3.8, 4) is 0 Å². The van der Waals surface area contributed by atoms with Gasteiger partial charge in [0.05, 0.1) is 5.41 Å². The molecule has 2 amide bonds. The first-order valence-electron chi connectivity index (χ1n) is 6.53. The fourth-order valence-corrected chi connectivity index (χ4v) is 1.57. The number of carboxylic acids is 1. The lowest BCUT2D eigenvalue weighted by Gasteiger charge is -2.23. The Kier molecular flexibility index (Phi) is 5.49. The second kappa shape index (κ2) is 6.88. The molecular formula is C14H21N3O3. The maximum Gasteiger partial charge on any atom is 0.315 e. The molecule has 1 aromatic rings. The van der Waals surface area contributed by atoms with Crippen LogP contribution in [0, 0.1) is 12.3 Å². The van der Waals surface area contributed by atoms with E-state index < -0.39 is 11.4 Å². The molecule has 1 atom stereocenters. The van der Waals surface area contributed by atoms with Gasteiger partial charge in [0.2, 0.25) is 0 Å². The minimum absolute atomic E-state index is 0.0972. The maximum absolute atomic E-state index is 11.7. The van der Waals surface area contributed by atoms with Crippen LogP contribution in [0.1, 0.15) is 31.4 Å². The Labute approximate surface area is 118 Å². The molecule has 3 N–H and O–H groups in total. The van der Waals surface area contributed by atoms with Gasteiger partial charge in [0, 0.05) is 25.5 Å². The first-order chi connectivity index (χ1) is 9.39. The Bertz CT molecular complexity index is 490. The summed E-state index contributed by atoms with van der Waals surface area (Å²) in [5.41, 5.74) is 1.03. The van der Waals surface area contributed by atoms with Crippen LogP contribution in [-0.4, -0.2) is 28.6 Å². The quantitative estimate of drug-likeness (QED) is 0.739. The van der Waals surface area contributed by atoms with Crippen LogP contribution in [-0.2, 0) is 11.3 Å². The van der Waals surface area contributed by atoms with Gasteiger partial charge in [-0.15, -0.1) is 0 Å². The highest BCUT2D eigenvalue weighted by molar-refractivity contribution is 5.77. The summed E-state index contributed by atoms with van der Waals surface area (Å²) in [5.74, 6) is -0.912. The summed E-state index contributed by atoms with van der Waals surface area (Å²) in [4.78, 5) is 26.8.